The Bertz CT molecular complexity index is 1150. The lowest BCUT2D eigenvalue weighted by molar-refractivity contribution is -0.172. The molecule has 1 saturated heterocycles. The zero-order chi connectivity index (χ0) is 24.8. The van der Waals surface area contributed by atoms with E-state index in [4.69, 9.17) is 16.3 Å². The smallest absolute Gasteiger partial charge is 0.248 e. The summed E-state index contributed by atoms with van der Waals surface area (Å²) in [4.78, 5) is 42.4. The number of ether oxygens (including phenoxy) is 1. The van der Waals surface area contributed by atoms with Gasteiger partial charge in [-0.1, -0.05) is 62.7 Å². The van der Waals surface area contributed by atoms with E-state index in [2.05, 4.69) is 5.32 Å². The molecule has 2 aromatic rings. The number of rotatable bonds is 6. The van der Waals surface area contributed by atoms with Gasteiger partial charge in [0.15, 0.2) is 0 Å². The largest absolute Gasteiger partial charge is 0.495 e. The van der Waals surface area contributed by atoms with Gasteiger partial charge in [-0.3, -0.25) is 19.3 Å². The van der Waals surface area contributed by atoms with Crippen LogP contribution in [0.1, 0.15) is 44.7 Å². The van der Waals surface area contributed by atoms with Gasteiger partial charge in [-0.05, 0) is 42.4 Å². The van der Waals surface area contributed by atoms with E-state index in [0.717, 1.165) is 11.1 Å². The Morgan fingerprint density at radius 3 is 2.53 bits per heavy atom. The Labute approximate surface area is 205 Å². The van der Waals surface area contributed by atoms with E-state index in [1.165, 1.54) is 12.0 Å². The molecule has 2 bridgehead atoms. The number of aryl methyl sites for hydroxylation is 1. The molecule has 0 spiro atoms. The average molecular weight is 483 g/mol. The van der Waals surface area contributed by atoms with Crippen LogP contribution in [-0.4, -0.2) is 35.8 Å². The highest BCUT2D eigenvalue weighted by Gasteiger charge is 2.65. The van der Waals surface area contributed by atoms with Crippen LogP contribution >= 0.6 is 11.6 Å². The van der Waals surface area contributed by atoms with E-state index in [1.54, 1.807) is 12.1 Å². The van der Waals surface area contributed by atoms with Crippen molar-refractivity contribution < 1.29 is 19.1 Å². The number of carbonyl (C=O) groups is 3. The van der Waals surface area contributed by atoms with Crippen molar-refractivity contribution in [1.29, 1.82) is 0 Å². The maximum absolute atomic E-state index is 13.8. The first kappa shape index (κ1) is 24.3. The van der Waals surface area contributed by atoms with E-state index in [0.29, 0.717) is 29.3 Å². The fourth-order valence-electron chi connectivity index (χ4n) is 5.43. The van der Waals surface area contributed by atoms with Gasteiger partial charge in [-0.15, -0.1) is 0 Å². The second kappa shape index (κ2) is 8.73. The van der Waals surface area contributed by atoms with Gasteiger partial charge >= 0.3 is 0 Å². The fraction of sp³-hybridized carbons (Fsp3) is 0.444. The molecule has 34 heavy (non-hydrogen) atoms. The van der Waals surface area contributed by atoms with Gasteiger partial charge in [0.25, 0.3) is 0 Å². The minimum absolute atomic E-state index is 0.224. The Balaban J connectivity index is 1.74. The van der Waals surface area contributed by atoms with Crippen LogP contribution in [0, 0.1) is 23.7 Å². The molecule has 2 fully saturated rings. The maximum Gasteiger partial charge on any atom is 0.248 e. The summed E-state index contributed by atoms with van der Waals surface area (Å²) in [7, 11) is 1.50. The lowest BCUT2D eigenvalue weighted by Crippen LogP contribution is -2.64. The molecular weight excluding hydrogens is 452 g/mol. The summed E-state index contributed by atoms with van der Waals surface area (Å²) in [5.74, 6) is -0.861. The van der Waals surface area contributed by atoms with E-state index >= 15 is 0 Å². The van der Waals surface area contributed by atoms with E-state index < -0.39 is 22.8 Å². The SMILES string of the molecule is COc1cc(Cl)c(C)cc1NC(=O)C(Cc1ccccc1)N1C(=O)C2CCC(C)(C1=O)C2(C)C. The molecule has 0 aromatic heterocycles. The van der Waals surface area contributed by atoms with E-state index in [1.807, 2.05) is 58.0 Å². The predicted octanol–water partition coefficient (Wildman–Crippen LogP) is 5.02. The molecule has 7 heteroatoms. The topological polar surface area (TPSA) is 75.7 Å². The number of hydrogen-bond donors (Lipinski definition) is 1. The monoisotopic (exact) mass is 482 g/mol. The quantitative estimate of drug-likeness (QED) is 0.586. The lowest BCUT2D eigenvalue weighted by Gasteiger charge is -2.49. The molecule has 1 aliphatic carbocycles. The van der Waals surface area contributed by atoms with Crippen LogP contribution in [0.15, 0.2) is 42.5 Å². The first-order valence-corrected chi connectivity index (χ1v) is 12.0. The van der Waals surface area contributed by atoms with Crippen molar-refractivity contribution in [2.24, 2.45) is 16.7 Å². The number of imide groups is 1. The van der Waals surface area contributed by atoms with Crippen LogP contribution in [0.25, 0.3) is 0 Å². The first-order valence-electron chi connectivity index (χ1n) is 11.6. The number of carbonyl (C=O) groups excluding carboxylic acids is 3. The number of amides is 3. The number of likely N-dealkylation sites (tertiary alicyclic amines) is 1. The molecule has 4 rings (SSSR count). The van der Waals surface area contributed by atoms with Gasteiger partial charge in [0, 0.05) is 23.4 Å². The molecule has 1 aliphatic heterocycles. The van der Waals surface area contributed by atoms with Crippen molar-refractivity contribution in [2.75, 3.05) is 12.4 Å². The average Bonchev–Trinajstić information content (AvgIpc) is 2.98. The van der Waals surface area contributed by atoms with Gasteiger partial charge in [0.2, 0.25) is 17.7 Å². The number of halogens is 1. The number of anilines is 1. The van der Waals surface area contributed by atoms with Gasteiger partial charge in [-0.25, -0.2) is 0 Å². The summed E-state index contributed by atoms with van der Waals surface area (Å²) < 4.78 is 5.41. The number of piperidine rings is 1. The second-order valence-corrected chi connectivity index (χ2v) is 10.6. The minimum Gasteiger partial charge on any atom is -0.495 e. The molecule has 2 aromatic carbocycles. The molecule has 0 radical (unpaired) electrons. The highest BCUT2D eigenvalue weighted by Crippen LogP contribution is 2.60. The van der Waals surface area contributed by atoms with Crippen LogP contribution in [0.4, 0.5) is 5.69 Å². The Morgan fingerprint density at radius 2 is 1.88 bits per heavy atom. The van der Waals surface area contributed by atoms with Crippen LogP contribution in [-0.2, 0) is 20.8 Å². The predicted molar refractivity (Wildman–Crippen MR) is 132 cm³/mol. The molecule has 3 amide bonds. The molecule has 6 nitrogen and oxygen atoms in total. The van der Waals surface area contributed by atoms with Crippen LogP contribution < -0.4 is 10.1 Å². The molecule has 3 atom stereocenters. The third-order valence-corrected chi connectivity index (χ3v) is 8.48. The number of nitrogens with one attached hydrogen (secondary N) is 1. The van der Waals surface area contributed by atoms with Gasteiger partial charge in [0.1, 0.15) is 11.8 Å². The van der Waals surface area contributed by atoms with Gasteiger partial charge in [-0.2, -0.15) is 0 Å². The van der Waals surface area contributed by atoms with E-state index in [-0.39, 0.29) is 24.2 Å². The normalized spacial score (nSPS) is 24.2. The Morgan fingerprint density at radius 1 is 1.21 bits per heavy atom. The molecule has 2 aliphatic rings. The number of methoxy groups -OCH3 is 1. The summed E-state index contributed by atoms with van der Waals surface area (Å²) in [5, 5.41) is 3.42. The molecule has 3 unspecified atom stereocenters. The van der Waals surface area contributed by atoms with Gasteiger partial charge < -0.3 is 10.1 Å². The first-order chi connectivity index (χ1) is 16.0. The number of fused-ring (bicyclic) bond motifs is 2. The van der Waals surface area contributed by atoms with Crippen molar-refractivity contribution in [3.63, 3.8) is 0 Å². The highest BCUT2D eigenvalue weighted by molar-refractivity contribution is 6.31. The molecule has 1 heterocycles. The molecule has 1 N–H and O–H groups in total. The minimum atomic E-state index is -0.987. The third kappa shape index (κ3) is 3.78. The van der Waals surface area contributed by atoms with Gasteiger partial charge in [0.05, 0.1) is 18.2 Å². The standard InChI is InChI=1S/C27H31ClN2O4/c1-16-13-20(22(34-5)15-19(16)28)29-23(31)21(14-17-9-7-6-8-10-17)30-24(32)18-11-12-27(4,25(30)33)26(18,2)3/h6-10,13,15,18,21H,11-12,14H2,1-5H3,(H,29,31). The summed E-state index contributed by atoms with van der Waals surface area (Å²) in [6.45, 7) is 7.74. The summed E-state index contributed by atoms with van der Waals surface area (Å²) in [5.41, 5.74) is 0.927. The van der Waals surface area contributed by atoms with Crippen molar-refractivity contribution in [3.8, 4) is 5.75 Å². The second-order valence-electron chi connectivity index (χ2n) is 10.2. The van der Waals surface area contributed by atoms with Crippen LogP contribution in [0.2, 0.25) is 5.02 Å². The lowest BCUT2D eigenvalue weighted by atomic mass is 9.62. The number of benzene rings is 2. The van der Waals surface area contributed by atoms with Crippen LogP contribution in [0.5, 0.6) is 5.75 Å². The summed E-state index contributed by atoms with van der Waals surface area (Å²) in [6.07, 6.45) is 1.51. The Hall–Kier alpha value is -2.86. The highest BCUT2D eigenvalue weighted by atomic mass is 35.5. The number of hydrogen-bond acceptors (Lipinski definition) is 4. The summed E-state index contributed by atoms with van der Waals surface area (Å²) >= 11 is 6.22. The van der Waals surface area contributed by atoms with Crippen molar-refractivity contribution in [2.45, 2.75) is 53.0 Å². The number of nitrogens with zero attached hydrogens (tertiary/aromatic N) is 1. The zero-order valence-corrected chi connectivity index (χ0v) is 21.0. The Kier molecular flexibility index (Phi) is 6.23. The summed E-state index contributed by atoms with van der Waals surface area (Å²) in [6, 6.07) is 11.8. The van der Waals surface area contributed by atoms with Crippen LogP contribution in [0.3, 0.4) is 0 Å². The molecule has 180 valence electrons. The van der Waals surface area contributed by atoms with Crippen molar-refractivity contribution in [1.82, 2.24) is 4.90 Å². The van der Waals surface area contributed by atoms with E-state index in [9.17, 15) is 14.4 Å². The fourth-order valence-corrected chi connectivity index (χ4v) is 5.58. The van der Waals surface area contributed by atoms with Crippen molar-refractivity contribution in [3.05, 3.63) is 58.6 Å². The maximum atomic E-state index is 13.8. The third-order valence-electron chi connectivity index (χ3n) is 8.08. The van der Waals surface area contributed by atoms with Crippen molar-refractivity contribution >= 4 is 35.0 Å². The molecular formula is C27H31ClN2O4. The zero-order valence-electron chi connectivity index (χ0n) is 20.3. The molecule has 1 saturated carbocycles.